The minimum absolute atomic E-state index is 0.120. The summed E-state index contributed by atoms with van der Waals surface area (Å²) in [5.74, 6) is -1.12. The Morgan fingerprint density at radius 1 is 1.12 bits per heavy atom. The van der Waals surface area contributed by atoms with Crippen molar-refractivity contribution < 1.29 is 13.6 Å². The number of fused-ring (bicyclic) bond motifs is 1. The summed E-state index contributed by atoms with van der Waals surface area (Å²) >= 11 is 0. The summed E-state index contributed by atoms with van der Waals surface area (Å²) < 4.78 is 29.1. The molecule has 0 saturated heterocycles. The van der Waals surface area contributed by atoms with Crippen LogP contribution < -0.4 is 10.9 Å². The number of aromatic nitrogens is 2. The van der Waals surface area contributed by atoms with E-state index in [1.54, 1.807) is 27.7 Å². The van der Waals surface area contributed by atoms with Crippen LogP contribution in [0.2, 0.25) is 0 Å². The van der Waals surface area contributed by atoms with Gasteiger partial charge in [-0.25, -0.2) is 18.6 Å². The molecule has 0 fully saturated rings. The number of para-hydroxylation sites is 1. The van der Waals surface area contributed by atoms with Gasteiger partial charge >= 0.3 is 6.03 Å². The van der Waals surface area contributed by atoms with Gasteiger partial charge in [-0.2, -0.15) is 0 Å². The predicted octanol–water partition coefficient (Wildman–Crippen LogP) is 4.24. The molecule has 0 aliphatic rings. The molecule has 9 heteroatoms. The third kappa shape index (κ3) is 5.36. The molecule has 0 bridgehead atoms. The zero-order chi connectivity index (χ0) is 24.1. The van der Waals surface area contributed by atoms with Gasteiger partial charge < -0.3 is 15.1 Å². The van der Waals surface area contributed by atoms with Crippen molar-refractivity contribution in [2.45, 2.75) is 32.9 Å². The minimum Gasteiger partial charge on any atom is -0.313 e. The number of nitrogens with zero attached hydrogens (tertiary/aromatic N) is 4. The number of carbonyl (C=O) groups is 1. The van der Waals surface area contributed by atoms with Crippen molar-refractivity contribution in [2.24, 2.45) is 0 Å². The molecule has 3 aromatic rings. The zero-order valence-electron chi connectivity index (χ0n) is 19.3. The van der Waals surface area contributed by atoms with E-state index < -0.39 is 23.7 Å². The minimum atomic E-state index is -0.863. The number of halogens is 2. The lowest BCUT2D eigenvalue weighted by molar-refractivity contribution is 0.171. The number of nitrogens with one attached hydrogen (secondary N) is 1. The Hall–Kier alpha value is -3.33. The second kappa shape index (κ2) is 10.5. The van der Waals surface area contributed by atoms with Crippen LogP contribution in [0, 0.1) is 11.6 Å². The quantitative estimate of drug-likeness (QED) is 0.549. The predicted molar refractivity (Wildman–Crippen MR) is 125 cm³/mol. The molecule has 0 aliphatic heterocycles. The van der Waals surface area contributed by atoms with Gasteiger partial charge in [0.1, 0.15) is 17.5 Å². The monoisotopic (exact) mass is 457 g/mol. The SMILES string of the molecule is CCC(c1nc2ccccc2c(=O)n1CC)N(CCN(C)C)C(=O)Nc1ccc(F)cc1F. The van der Waals surface area contributed by atoms with Gasteiger partial charge in [-0.05, 0) is 51.7 Å². The van der Waals surface area contributed by atoms with Crippen molar-refractivity contribution >= 4 is 22.6 Å². The number of hydrogen-bond donors (Lipinski definition) is 1. The smallest absolute Gasteiger partial charge is 0.313 e. The Morgan fingerprint density at radius 2 is 1.85 bits per heavy atom. The largest absolute Gasteiger partial charge is 0.322 e. The summed E-state index contributed by atoms with van der Waals surface area (Å²) in [5, 5.41) is 3.06. The van der Waals surface area contributed by atoms with Crippen LogP contribution in [0.25, 0.3) is 10.9 Å². The van der Waals surface area contributed by atoms with Gasteiger partial charge in [-0.15, -0.1) is 0 Å². The number of likely N-dealkylation sites (N-methyl/N-ethyl adjacent to an activating group) is 1. The molecule has 7 nitrogen and oxygen atoms in total. The molecule has 176 valence electrons. The van der Waals surface area contributed by atoms with E-state index in [9.17, 15) is 18.4 Å². The van der Waals surface area contributed by atoms with Crippen LogP contribution in [0.5, 0.6) is 0 Å². The molecular weight excluding hydrogens is 428 g/mol. The number of hydrogen-bond acceptors (Lipinski definition) is 4. The lowest BCUT2D eigenvalue weighted by Crippen LogP contribution is -2.44. The van der Waals surface area contributed by atoms with E-state index in [2.05, 4.69) is 5.32 Å². The van der Waals surface area contributed by atoms with E-state index in [0.29, 0.717) is 42.8 Å². The van der Waals surface area contributed by atoms with E-state index in [-0.39, 0.29) is 11.2 Å². The summed E-state index contributed by atoms with van der Waals surface area (Å²) in [5.41, 5.74) is 0.262. The first-order valence-corrected chi connectivity index (χ1v) is 10.9. The molecule has 0 spiro atoms. The van der Waals surface area contributed by atoms with Gasteiger partial charge in [0.05, 0.1) is 22.6 Å². The van der Waals surface area contributed by atoms with Crippen molar-refractivity contribution in [1.82, 2.24) is 19.4 Å². The van der Waals surface area contributed by atoms with E-state index >= 15 is 0 Å². The van der Waals surface area contributed by atoms with Crippen molar-refractivity contribution in [2.75, 3.05) is 32.5 Å². The molecule has 1 atom stereocenters. The van der Waals surface area contributed by atoms with Crippen LogP contribution in [-0.2, 0) is 6.54 Å². The first kappa shape index (κ1) is 24.3. The Bertz CT molecular complexity index is 1200. The Labute approximate surface area is 191 Å². The highest BCUT2D eigenvalue weighted by Gasteiger charge is 2.29. The molecule has 33 heavy (non-hydrogen) atoms. The van der Waals surface area contributed by atoms with Crippen LogP contribution in [0.15, 0.2) is 47.3 Å². The van der Waals surface area contributed by atoms with Gasteiger partial charge in [0.15, 0.2) is 0 Å². The van der Waals surface area contributed by atoms with Gasteiger partial charge in [-0.3, -0.25) is 9.36 Å². The van der Waals surface area contributed by atoms with Crippen LogP contribution in [0.4, 0.5) is 19.3 Å². The third-order valence-electron chi connectivity index (χ3n) is 5.49. The fraction of sp³-hybridized carbons (Fsp3) is 0.375. The standard InChI is InChI=1S/C24H29F2N5O2/c1-5-21(22-27-19-10-8-7-9-17(19)23(32)30(22)6-2)31(14-13-29(3)4)24(33)28-20-12-11-16(25)15-18(20)26/h7-12,15,21H,5-6,13-14H2,1-4H3,(H,28,33). The lowest BCUT2D eigenvalue weighted by atomic mass is 10.1. The maximum atomic E-state index is 14.2. The molecule has 3 rings (SSSR count). The number of rotatable bonds is 8. The number of amides is 2. The first-order valence-electron chi connectivity index (χ1n) is 10.9. The number of carbonyl (C=O) groups excluding carboxylic acids is 1. The second-order valence-electron chi connectivity index (χ2n) is 8.01. The molecule has 1 aromatic heterocycles. The highest BCUT2D eigenvalue weighted by Crippen LogP contribution is 2.25. The van der Waals surface area contributed by atoms with Crippen LogP contribution >= 0.6 is 0 Å². The van der Waals surface area contributed by atoms with E-state index in [4.69, 9.17) is 4.98 Å². The normalized spacial score (nSPS) is 12.2. The molecule has 1 heterocycles. The number of anilines is 1. The molecule has 0 aliphatic carbocycles. The topological polar surface area (TPSA) is 70.5 Å². The Balaban J connectivity index is 2.06. The average Bonchev–Trinajstić information content (AvgIpc) is 2.78. The summed E-state index contributed by atoms with van der Waals surface area (Å²) in [4.78, 5) is 34.7. The molecule has 0 saturated carbocycles. The lowest BCUT2D eigenvalue weighted by Gasteiger charge is -2.33. The van der Waals surface area contributed by atoms with Crippen LogP contribution in [0.3, 0.4) is 0 Å². The van der Waals surface area contributed by atoms with Crippen LogP contribution in [-0.4, -0.2) is 52.6 Å². The van der Waals surface area contributed by atoms with Crippen molar-refractivity contribution in [1.29, 1.82) is 0 Å². The molecule has 0 radical (unpaired) electrons. The number of benzene rings is 2. The van der Waals surface area contributed by atoms with Gasteiger partial charge in [0.25, 0.3) is 5.56 Å². The Morgan fingerprint density at radius 3 is 2.48 bits per heavy atom. The Kier molecular flexibility index (Phi) is 7.75. The van der Waals surface area contributed by atoms with Crippen molar-refractivity contribution in [3.8, 4) is 0 Å². The number of urea groups is 1. The molecule has 2 aromatic carbocycles. The maximum Gasteiger partial charge on any atom is 0.322 e. The van der Waals surface area contributed by atoms with Crippen molar-refractivity contribution in [3.05, 3.63) is 70.3 Å². The van der Waals surface area contributed by atoms with E-state index in [1.165, 1.54) is 6.07 Å². The molecular formula is C24H29F2N5O2. The van der Waals surface area contributed by atoms with E-state index in [0.717, 1.165) is 12.1 Å². The third-order valence-corrected chi connectivity index (χ3v) is 5.49. The van der Waals surface area contributed by atoms with Gasteiger partial charge in [0.2, 0.25) is 0 Å². The van der Waals surface area contributed by atoms with Gasteiger partial charge in [-0.1, -0.05) is 19.1 Å². The van der Waals surface area contributed by atoms with E-state index in [1.807, 2.05) is 38.9 Å². The highest BCUT2D eigenvalue weighted by molar-refractivity contribution is 5.89. The summed E-state index contributed by atoms with van der Waals surface area (Å²) in [6.45, 7) is 5.00. The highest BCUT2D eigenvalue weighted by atomic mass is 19.1. The van der Waals surface area contributed by atoms with Gasteiger partial charge in [0, 0.05) is 25.7 Å². The van der Waals surface area contributed by atoms with Crippen LogP contribution in [0.1, 0.15) is 32.1 Å². The first-order chi connectivity index (χ1) is 15.8. The summed E-state index contributed by atoms with van der Waals surface area (Å²) in [6.07, 6.45) is 0.484. The fourth-order valence-electron chi connectivity index (χ4n) is 3.77. The molecule has 2 amide bonds. The zero-order valence-corrected chi connectivity index (χ0v) is 19.3. The maximum absolute atomic E-state index is 14.2. The summed E-state index contributed by atoms with van der Waals surface area (Å²) in [7, 11) is 3.76. The fourth-order valence-corrected chi connectivity index (χ4v) is 3.77. The molecule has 1 N–H and O–H groups in total. The molecule has 1 unspecified atom stereocenters. The average molecular weight is 458 g/mol. The summed E-state index contributed by atoms with van der Waals surface area (Å²) in [6, 6.07) is 8.99. The van der Waals surface area contributed by atoms with Crippen molar-refractivity contribution in [3.63, 3.8) is 0 Å². The second-order valence-corrected chi connectivity index (χ2v) is 8.01.